The van der Waals surface area contributed by atoms with E-state index in [0.29, 0.717) is 49.0 Å². The minimum atomic E-state index is -3.96. The van der Waals surface area contributed by atoms with E-state index in [0.717, 1.165) is 0 Å². The largest absolute Gasteiger partial charge is 0.586 e. The summed E-state index contributed by atoms with van der Waals surface area (Å²) >= 11 is 0. The van der Waals surface area contributed by atoms with Gasteiger partial charge in [0, 0.05) is 13.1 Å². The topological polar surface area (TPSA) is 193 Å². The fraction of sp³-hybridized carbons (Fsp3) is 0.512. The Labute approximate surface area is 340 Å². The number of imidazole rings is 2. The Balaban J connectivity index is 1.20. The summed E-state index contributed by atoms with van der Waals surface area (Å²) in [7, 11) is 2.47. The molecule has 0 bridgehead atoms. The fourth-order valence-corrected chi connectivity index (χ4v) is 7.48. The second kappa shape index (κ2) is 17.3. The highest BCUT2D eigenvalue weighted by molar-refractivity contribution is 5.87. The molecule has 1 aromatic carbocycles. The molecule has 0 aliphatic carbocycles. The third-order valence-electron chi connectivity index (χ3n) is 10.4. The average molecular weight is 819 g/mol. The first-order chi connectivity index (χ1) is 28.0. The van der Waals surface area contributed by atoms with E-state index in [1.54, 1.807) is 9.80 Å². The first kappa shape index (κ1) is 42.3. The summed E-state index contributed by atoms with van der Waals surface area (Å²) < 4.78 is 48.3. The first-order valence-electron chi connectivity index (χ1n) is 19.3. The number of nitrogens with zero attached hydrogens (tertiary/aromatic N) is 4. The van der Waals surface area contributed by atoms with Gasteiger partial charge in [0.25, 0.3) is 0 Å². The van der Waals surface area contributed by atoms with Gasteiger partial charge in [0.05, 0.1) is 49.8 Å². The molecule has 2 aromatic heterocycles. The van der Waals surface area contributed by atoms with Crippen molar-refractivity contribution in [3.63, 3.8) is 0 Å². The first-order valence-corrected chi connectivity index (χ1v) is 19.3. The Morgan fingerprint density at radius 1 is 0.746 bits per heavy atom. The van der Waals surface area contributed by atoms with Crippen LogP contribution in [0.5, 0.6) is 11.5 Å². The van der Waals surface area contributed by atoms with Crippen molar-refractivity contribution in [2.24, 2.45) is 23.7 Å². The van der Waals surface area contributed by atoms with Crippen LogP contribution in [0.2, 0.25) is 0 Å². The maximum absolute atomic E-state index is 14.5. The zero-order valence-electron chi connectivity index (χ0n) is 34.1. The molecule has 18 heteroatoms. The van der Waals surface area contributed by atoms with Gasteiger partial charge in [-0.15, -0.1) is 8.78 Å². The average Bonchev–Trinajstić information content (AvgIpc) is 4.03. The van der Waals surface area contributed by atoms with Crippen LogP contribution >= 0.6 is 0 Å². The number of benzene rings is 1. The van der Waals surface area contributed by atoms with Crippen molar-refractivity contribution in [2.75, 3.05) is 27.3 Å². The number of ether oxygens (including phenoxy) is 4. The van der Waals surface area contributed by atoms with Crippen molar-refractivity contribution in [2.45, 2.75) is 84.8 Å². The normalized spacial score (nSPS) is 21.3. The number of rotatable bonds is 8. The number of halogens is 2. The quantitative estimate of drug-likeness (QED) is 0.229. The molecule has 6 rings (SSSR count). The predicted octanol–water partition coefficient (Wildman–Crippen LogP) is 4.83. The molecule has 2 fully saturated rings. The number of nitrogens with one attached hydrogen (secondary N) is 4. The maximum atomic E-state index is 14.5. The summed E-state index contributed by atoms with van der Waals surface area (Å²) in [6, 6.07) is 0.560. The van der Waals surface area contributed by atoms with Gasteiger partial charge in [0.15, 0.2) is 11.5 Å². The number of amides is 4. The van der Waals surface area contributed by atoms with Gasteiger partial charge in [-0.3, -0.25) is 9.59 Å². The molecular formula is C41H48F2N8O8. The molecule has 4 N–H and O–H groups in total. The van der Waals surface area contributed by atoms with Crippen LogP contribution in [-0.4, -0.2) is 99.4 Å². The Hall–Kier alpha value is -6.30. The van der Waals surface area contributed by atoms with Gasteiger partial charge in [-0.25, -0.2) is 19.6 Å². The zero-order chi connectivity index (χ0) is 42.8. The number of carbonyl (C=O) groups is 4. The minimum absolute atomic E-state index is 0.115. The van der Waals surface area contributed by atoms with E-state index in [1.807, 2.05) is 41.5 Å². The van der Waals surface area contributed by atoms with E-state index in [4.69, 9.17) is 18.9 Å². The summed E-state index contributed by atoms with van der Waals surface area (Å²) in [5, 5.41) is 5.26. The summed E-state index contributed by atoms with van der Waals surface area (Å²) in [4.78, 5) is 69.9. The summed E-state index contributed by atoms with van der Waals surface area (Å²) in [6.07, 6.45) is -1.13. The van der Waals surface area contributed by atoms with Crippen molar-refractivity contribution in [3.8, 4) is 35.2 Å². The number of aromatic amines is 2. The number of carbonyl (C=O) groups excluding carboxylic acids is 4. The number of hydrogen-bond acceptors (Lipinski definition) is 10. The lowest BCUT2D eigenvalue weighted by atomic mass is 10.0. The number of aromatic nitrogens is 4. The van der Waals surface area contributed by atoms with Crippen molar-refractivity contribution >= 4 is 24.0 Å². The molecule has 4 amide bonds. The lowest BCUT2D eigenvalue weighted by Gasteiger charge is -2.30. The number of hydrogen-bond donors (Lipinski definition) is 4. The highest BCUT2D eigenvalue weighted by atomic mass is 19.3. The van der Waals surface area contributed by atoms with E-state index in [1.165, 1.54) is 38.7 Å². The summed E-state index contributed by atoms with van der Waals surface area (Å²) in [5.41, 5.74) is 0.970. The molecule has 0 radical (unpaired) electrons. The standard InChI is InChI=1S/C41H48F2N8O8/c1-21(2)31(48-39(54)56-7)37(52)50-19-23(5)15-29(50)35-44-17-27(46-35)13-11-25-9-10-26(34-33(25)58-41(42,43)59-34)12-14-28-18-45-36(47-28)30-16-24(6)20-51(30)38(53)32(22(3)4)49-40(55)57-8/h9-10,17-18,21-24,29-32H,15-16,19-20H2,1-8H3,(H,44,46)(H,45,47)(H,48,54)(H,49,55)/t23-,24-,29-,30-,31-,32-/m0/s1. The van der Waals surface area contributed by atoms with Crippen LogP contribution in [0.4, 0.5) is 18.4 Å². The monoisotopic (exact) mass is 818 g/mol. The van der Waals surface area contributed by atoms with E-state index >= 15 is 0 Å². The molecule has 0 saturated carbocycles. The number of alkyl carbamates (subject to hydrolysis) is 2. The Bertz CT molecular complexity index is 2060. The molecule has 3 aliphatic heterocycles. The van der Waals surface area contributed by atoms with Gasteiger partial charge in [-0.2, -0.15) is 0 Å². The maximum Gasteiger partial charge on any atom is 0.586 e. The van der Waals surface area contributed by atoms with Crippen LogP contribution in [0.25, 0.3) is 0 Å². The highest BCUT2D eigenvalue weighted by Crippen LogP contribution is 2.45. The third-order valence-corrected chi connectivity index (χ3v) is 10.4. The van der Waals surface area contributed by atoms with Gasteiger partial charge >= 0.3 is 18.5 Å². The second-order valence-electron chi connectivity index (χ2n) is 15.8. The van der Waals surface area contributed by atoms with Crippen molar-refractivity contribution < 1.29 is 46.9 Å². The van der Waals surface area contributed by atoms with Gasteiger partial charge in [-0.05, 0) is 60.5 Å². The van der Waals surface area contributed by atoms with Crippen LogP contribution in [0.3, 0.4) is 0 Å². The molecule has 0 spiro atoms. The van der Waals surface area contributed by atoms with Crippen LogP contribution in [0.15, 0.2) is 24.5 Å². The number of H-pyrrole nitrogens is 2. The van der Waals surface area contributed by atoms with Crippen molar-refractivity contribution in [1.82, 2.24) is 40.4 Å². The minimum Gasteiger partial charge on any atom is -0.453 e. The number of alkyl halides is 2. The molecule has 16 nitrogen and oxygen atoms in total. The lowest BCUT2D eigenvalue weighted by molar-refractivity contribution is -0.286. The molecule has 0 unspecified atom stereocenters. The fourth-order valence-electron chi connectivity index (χ4n) is 7.48. The second-order valence-corrected chi connectivity index (χ2v) is 15.8. The highest BCUT2D eigenvalue weighted by Gasteiger charge is 2.46. The summed E-state index contributed by atoms with van der Waals surface area (Å²) in [6.45, 7) is 12.3. The summed E-state index contributed by atoms with van der Waals surface area (Å²) in [5.74, 6) is 11.3. The number of fused-ring (bicyclic) bond motifs is 1. The molecule has 59 heavy (non-hydrogen) atoms. The number of likely N-dealkylation sites (tertiary alicyclic amines) is 2. The van der Waals surface area contributed by atoms with Crippen LogP contribution in [0.1, 0.15) is 101 Å². The van der Waals surface area contributed by atoms with E-state index < -0.39 is 42.6 Å². The lowest BCUT2D eigenvalue weighted by Crippen LogP contribution is -2.51. The Morgan fingerprint density at radius 3 is 1.49 bits per heavy atom. The molecule has 3 aromatic rings. The van der Waals surface area contributed by atoms with Gasteiger partial charge in [0.2, 0.25) is 11.8 Å². The third kappa shape index (κ3) is 9.38. The van der Waals surface area contributed by atoms with Crippen molar-refractivity contribution in [3.05, 3.63) is 58.7 Å². The van der Waals surface area contributed by atoms with E-state index in [9.17, 15) is 28.0 Å². The van der Waals surface area contributed by atoms with Crippen LogP contribution in [-0.2, 0) is 19.1 Å². The van der Waals surface area contributed by atoms with Gasteiger partial charge < -0.3 is 49.3 Å². The van der Waals surface area contributed by atoms with Crippen molar-refractivity contribution in [1.29, 1.82) is 0 Å². The molecule has 2 saturated heterocycles. The van der Waals surface area contributed by atoms with Crippen LogP contribution in [0, 0.1) is 47.4 Å². The predicted molar refractivity (Wildman–Crippen MR) is 207 cm³/mol. The SMILES string of the molecule is COC(=O)N[C@H](C(=O)N1C[C@@H](C)C[C@H]1c1ncc(C#Cc2ccc(C#Cc3cnc([C@@H]4C[C@H](C)CN4C(=O)[C@@H](NC(=O)OC)C(C)C)[nH]3)c3c2OC(F)(F)O3)[nH]1)C(C)C. The Kier molecular flexibility index (Phi) is 12.4. The van der Waals surface area contributed by atoms with Gasteiger partial charge in [0.1, 0.15) is 35.1 Å². The molecule has 3 aliphatic rings. The van der Waals surface area contributed by atoms with E-state index in [-0.39, 0.29) is 58.1 Å². The zero-order valence-corrected chi connectivity index (χ0v) is 34.1. The smallest absolute Gasteiger partial charge is 0.453 e. The Morgan fingerprint density at radius 2 is 1.14 bits per heavy atom. The molecule has 6 atom stereocenters. The van der Waals surface area contributed by atoms with Crippen LogP contribution < -0.4 is 20.1 Å². The van der Waals surface area contributed by atoms with E-state index in [2.05, 4.69) is 54.3 Å². The van der Waals surface area contributed by atoms with Gasteiger partial charge in [-0.1, -0.05) is 53.4 Å². The molecular weight excluding hydrogens is 770 g/mol. The molecule has 5 heterocycles. The molecule has 314 valence electrons. The number of methoxy groups -OCH3 is 2.